The van der Waals surface area contributed by atoms with Crippen LogP contribution in [-0.2, 0) is 11.3 Å². The monoisotopic (exact) mass is 307 g/mol. The Labute approximate surface area is 128 Å². The number of aryl methyl sites for hydroxylation is 1. The maximum atomic E-state index is 6.21. The van der Waals surface area contributed by atoms with Crippen LogP contribution in [0.2, 0.25) is 5.02 Å². The number of nitrogens with one attached hydrogen (secondary N) is 2. The Balaban J connectivity index is 2.25. The van der Waals surface area contributed by atoms with Crippen LogP contribution in [0.5, 0.6) is 0 Å². The fourth-order valence-electron chi connectivity index (χ4n) is 1.75. The molecule has 2 rings (SSSR count). The molecule has 0 atom stereocenters. The highest BCUT2D eigenvalue weighted by Crippen LogP contribution is 2.26. The zero-order valence-electron chi connectivity index (χ0n) is 12.0. The van der Waals surface area contributed by atoms with E-state index in [1.54, 1.807) is 6.07 Å². The molecule has 1 aromatic heterocycles. The average molecular weight is 308 g/mol. The van der Waals surface area contributed by atoms with Crippen LogP contribution in [-0.4, -0.2) is 16.6 Å². The maximum Gasteiger partial charge on any atom is 0.158 e. The predicted octanol–water partition coefficient (Wildman–Crippen LogP) is 3.00. The summed E-state index contributed by atoms with van der Waals surface area (Å²) in [5.74, 6) is 7.07. The van der Waals surface area contributed by atoms with E-state index in [1.165, 1.54) is 0 Å². The van der Waals surface area contributed by atoms with Gasteiger partial charge in [0.2, 0.25) is 0 Å². The molecule has 7 heteroatoms. The fourth-order valence-corrected chi connectivity index (χ4v) is 2.03. The molecule has 0 aliphatic heterocycles. The lowest BCUT2D eigenvalue weighted by atomic mass is 10.2. The summed E-state index contributed by atoms with van der Waals surface area (Å²) in [5.41, 5.74) is 4.38. The standard InChI is InChI=1S/C14H18ClN5O/c1-3-21-8-14-18-12(7-13(19-14)20-16)17-11-5-4-9(2)6-10(11)15/h4-7H,3,8,16H2,1-2H3,(H2,17,18,19,20). The van der Waals surface area contributed by atoms with Gasteiger partial charge in [0, 0.05) is 12.7 Å². The molecule has 0 bridgehead atoms. The number of ether oxygens (including phenoxy) is 1. The summed E-state index contributed by atoms with van der Waals surface area (Å²) in [5, 5.41) is 3.78. The molecular formula is C14H18ClN5O. The van der Waals surface area contributed by atoms with Crippen molar-refractivity contribution >= 4 is 28.9 Å². The molecule has 0 unspecified atom stereocenters. The summed E-state index contributed by atoms with van der Waals surface area (Å²) in [4.78, 5) is 8.60. The molecule has 2 aromatic rings. The van der Waals surface area contributed by atoms with Crippen molar-refractivity contribution in [1.82, 2.24) is 9.97 Å². The summed E-state index contributed by atoms with van der Waals surface area (Å²) >= 11 is 6.21. The van der Waals surface area contributed by atoms with Crippen molar-refractivity contribution in [1.29, 1.82) is 0 Å². The fraction of sp³-hybridized carbons (Fsp3) is 0.286. The minimum absolute atomic E-state index is 0.322. The van der Waals surface area contributed by atoms with E-state index in [4.69, 9.17) is 22.2 Å². The highest BCUT2D eigenvalue weighted by atomic mass is 35.5. The first-order valence-electron chi connectivity index (χ1n) is 6.58. The van der Waals surface area contributed by atoms with Gasteiger partial charge in [-0.3, -0.25) is 0 Å². The van der Waals surface area contributed by atoms with Crippen LogP contribution in [0.15, 0.2) is 24.3 Å². The molecule has 1 heterocycles. The molecule has 0 aliphatic rings. The number of nitrogens with two attached hydrogens (primary N) is 1. The van der Waals surface area contributed by atoms with E-state index in [2.05, 4.69) is 20.7 Å². The van der Waals surface area contributed by atoms with Crippen LogP contribution in [0, 0.1) is 6.92 Å². The van der Waals surface area contributed by atoms with E-state index in [-0.39, 0.29) is 0 Å². The van der Waals surface area contributed by atoms with Crippen LogP contribution >= 0.6 is 11.6 Å². The van der Waals surface area contributed by atoms with Crippen molar-refractivity contribution in [3.63, 3.8) is 0 Å². The molecule has 21 heavy (non-hydrogen) atoms. The Morgan fingerprint density at radius 1 is 1.24 bits per heavy atom. The number of nitrogens with zero attached hydrogens (tertiary/aromatic N) is 2. The molecule has 0 spiro atoms. The van der Waals surface area contributed by atoms with E-state index in [1.807, 2.05) is 32.0 Å². The molecule has 0 fully saturated rings. The second kappa shape index (κ2) is 7.21. The smallest absolute Gasteiger partial charge is 0.158 e. The number of nitrogen functional groups attached to an aromatic ring is 1. The number of hydrogen-bond donors (Lipinski definition) is 3. The summed E-state index contributed by atoms with van der Waals surface area (Å²) in [6.07, 6.45) is 0. The molecule has 4 N–H and O–H groups in total. The normalized spacial score (nSPS) is 10.5. The van der Waals surface area contributed by atoms with Crippen molar-refractivity contribution in [3.8, 4) is 0 Å². The molecule has 0 saturated heterocycles. The second-order valence-electron chi connectivity index (χ2n) is 4.44. The Morgan fingerprint density at radius 2 is 2.00 bits per heavy atom. The van der Waals surface area contributed by atoms with Gasteiger partial charge in [0.1, 0.15) is 18.2 Å². The average Bonchev–Trinajstić information content (AvgIpc) is 2.48. The number of benzene rings is 1. The predicted molar refractivity (Wildman–Crippen MR) is 84.6 cm³/mol. The third kappa shape index (κ3) is 4.29. The van der Waals surface area contributed by atoms with Crippen molar-refractivity contribution in [3.05, 3.63) is 40.7 Å². The van der Waals surface area contributed by atoms with E-state index in [0.717, 1.165) is 11.3 Å². The van der Waals surface area contributed by atoms with Crippen LogP contribution in [0.1, 0.15) is 18.3 Å². The van der Waals surface area contributed by atoms with Gasteiger partial charge in [-0.1, -0.05) is 17.7 Å². The summed E-state index contributed by atoms with van der Waals surface area (Å²) in [7, 11) is 0. The van der Waals surface area contributed by atoms with Gasteiger partial charge in [-0.25, -0.2) is 15.8 Å². The number of aromatic nitrogens is 2. The number of anilines is 3. The lowest BCUT2D eigenvalue weighted by molar-refractivity contribution is 0.128. The van der Waals surface area contributed by atoms with E-state index < -0.39 is 0 Å². The van der Waals surface area contributed by atoms with Crippen molar-refractivity contribution < 1.29 is 4.74 Å². The summed E-state index contributed by atoms with van der Waals surface area (Å²) < 4.78 is 5.32. The first kappa shape index (κ1) is 15.5. The van der Waals surface area contributed by atoms with Crippen LogP contribution in [0.25, 0.3) is 0 Å². The largest absolute Gasteiger partial charge is 0.374 e. The minimum Gasteiger partial charge on any atom is -0.374 e. The molecule has 0 radical (unpaired) electrons. The SMILES string of the molecule is CCOCc1nc(NN)cc(Nc2ccc(C)cc2Cl)n1. The van der Waals surface area contributed by atoms with E-state index in [0.29, 0.717) is 35.7 Å². The molecule has 1 aromatic carbocycles. The molecule has 0 aliphatic carbocycles. The maximum absolute atomic E-state index is 6.21. The molecule has 6 nitrogen and oxygen atoms in total. The zero-order chi connectivity index (χ0) is 15.2. The lowest BCUT2D eigenvalue weighted by Gasteiger charge is -2.11. The number of hydrazine groups is 1. The van der Waals surface area contributed by atoms with Crippen molar-refractivity contribution in [2.24, 2.45) is 5.84 Å². The van der Waals surface area contributed by atoms with Gasteiger partial charge in [-0.15, -0.1) is 0 Å². The van der Waals surface area contributed by atoms with Crippen LogP contribution < -0.4 is 16.6 Å². The van der Waals surface area contributed by atoms with Gasteiger partial charge >= 0.3 is 0 Å². The van der Waals surface area contributed by atoms with Gasteiger partial charge in [-0.05, 0) is 31.5 Å². The van der Waals surface area contributed by atoms with Crippen LogP contribution in [0.3, 0.4) is 0 Å². The first-order valence-corrected chi connectivity index (χ1v) is 6.95. The Bertz CT molecular complexity index is 620. The van der Waals surface area contributed by atoms with E-state index >= 15 is 0 Å². The Kier molecular flexibility index (Phi) is 5.32. The second-order valence-corrected chi connectivity index (χ2v) is 4.85. The number of hydrogen-bond acceptors (Lipinski definition) is 6. The highest BCUT2D eigenvalue weighted by molar-refractivity contribution is 6.33. The van der Waals surface area contributed by atoms with Crippen LogP contribution in [0.4, 0.5) is 17.3 Å². The van der Waals surface area contributed by atoms with E-state index in [9.17, 15) is 0 Å². The van der Waals surface area contributed by atoms with Gasteiger partial charge in [0.15, 0.2) is 5.82 Å². The topological polar surface area (TPSA) is 85.1 Å². The van der Waals surface area contributed by atoms with Gasteiger partial charge < -0.3 is 15.5 Å². The summed E-state index contributed by atoms with van der Waals surface area (Å²) in [6.45, 7) is 4.81. The Morgan fingerprint density at radius 3 is 2.67 bits per heavy atom. The number of halogens is 1. The zero-order valence-corrected chi connectivity index (χ0v) is 12.7. The quantitative estimate of drug-likeness (QED) is 0.562. The minimum atomic E-state index is 0.322. The molecular weight excluding hydrogens is 290 g/mol. The van der Waals surface area contributed by atoms with Gasteiger partial charge in [0.25, 0.3) is 0 Å². The third-order valence-corrected chi connectivity index (χ3v) is 3.06. The molecule has 0 saturated carbocycles. The van der Waals surface area contributed by atoms with Crippen molar-refractivity contribution in [2.45, 2.75) is 20.5 Å². The Hall–Kier alpha value is -1.89. The highest BCUT2D eigenvalue weighted by Gasteiger charge is 2.07. The first-order chi connectivity index (χ1) is 10.1. The van der Waals surface area contributed by atoms with Gasteiger partial charge in [-0.2, -0.15) is 0 Å². The molecule has 0 amide bonds. The summed E-state index contributed by atoms with van der Waals surface area (Å²) in [6, 6.07) is 7.45. The van der Waals surface area contributed by atoms with Crippen molar-refractivity contribution in [2.75, 3.05) is 17.3 Å². The lowest BCUT2D eigenvalue weighted by Crippen LogP contribution is -2.12. The third-order valence-electron chi connectivity index (χ3n) is 2.74. The number of rotatable bonds is 6. The molecule has 112 valence electrons. The van der Waals surface area contributed by atoms with Gasteiger partial charge in [0.05, 0.1) is 10.7 Å².